The Bertz CT molecular complexity index is 1140. The predicted molar refractivity (Wildman–Crippen MR) is 119 cm³/mol. The van der Waals surface area contributed by atoms with Gasteiger partial charge >= 0.3 is 6.18 Å². The first-order valence-corrected chi connectivity index (χ1v) is 11.9. The van der Waals surface area contributed by atoms with Crippen molar-refractivity contribution in [3.05, 3.63) is 77.9 Å². The van der Waals surface area contributed by atoms with Gasteiger partial charge in [-0.25, -0.2) is 8.42 Å². The molecule has 1 heterocycles. The molecule has 2 aromatic rings. The second kappa shape index (κ2) is 10.4. The number of nitrogens with one attached hydrogen (secondary N) is 2. The first kappa shape index (κ1) is 25.4. The maximum atomic E-state index is 12.9. The van der Waals surface area contributed by atoms with Crippen molar-refractivity contribution in [2.45, 2.75) is 36.5 Å². The summed E-state index contributed by atoms with van der Waals surface area (Å²) in [6, 6.07) is 9.78. The highest BCUT2D eigenvalue weighted by atomic mass is 32.2. The lowest BCUT2D eigenvalue weighted by molar-refractivity contribution is -0.137. The fourth-order valence-corrected chi connectivity index (χ4v) is 4.99. The number of alkyl halides is 3. The molecule has 2 aromatic carbocycles. The highest BCUT2D eigenvalue weighted by Crippen LogP contribution is 2.29. The van der Waals surface area contributed by atoms with Crippen LogP contribution in [0, 0.1) is 0 Å². The summed E-state index contributed by atoms with van der Waals surface area (Å²) >= 11 is 0. The Labute approximate surface area is 195 Å². The van der Waals surface area contributed by atoms with Crippen LogP contribution < -0.4 is 10.6 Å². The molecule has 0 spiro atoms. The summed E-state index contributed by atoms with van der Waals surface area (Å²) in [5.41, 5.74) is -0.0601. The number of piperidine rings is 1. The summed E-state index contributed by atoms with van der Waals surface area (Å²) in [5.74, 6) is -0.781. The lowest BCUT2D eigenvalue weighted by atomic mass is 10.1. The van der Waals surface area contributed by atoms with Gasteiger partial charge in [0.25, 0.3) is 5.91 Å². The van der Waals surface area contributed by atoms with Crippen LogP contribution in [0.3, 0.4) is 0 Å². The van der Waals surface area contributed by atoms with Crippen LogP contribution in [0.5, 0.6) is 0 Å². The zero-order chi connectivity index (χ0) is 24.9. The fourth-order valence-electron chi connectivity index (χ4n) is 3.52. The predicted octanol–water partition coefficient (Wildman–Crippen LogP) is 3.09. The van der Waals surface area contributed by atoms with Crippen molar-refractivity contribution in [3.63, 3.8) is 0 Å². The van der Waals surface area contributed by atoms with Crippen LogP contribution in [-0.2, 0) is 27.5 Å². The first-order valence-electron chi connectivity index (χ1n) is 10.5. The second-order valence-electron chi connectivity index (χ2n) is 7.79. The molecule has 1 saturated heterocycles. The molecule has 1 aliphatic rings. The first-order chi connectivity index (χ1) is 16.0. The third-order valence-electron chi connectivity index (χ3n) is 5.47. The molecule has 2 amide bonds. The van der Waals surface area contributed by atoms with E-state index in [4.69, 9.17) is 0 Å². The molecule has 0 bridgehead atoms. The lowest BCUT2D eigenvalue weighted by Gasteiger charge is -2.31. The average Bonchev–Trinajstić information content (AvgIpc) is 2.82. The minimum Gasteiger partial charge on any atom is -0.350 e. The average molecular weight is 496 g/mol. The highest BCUT2D eigenvalue weighted by molar-refractivity contribution is 7.89. The van der Waals surface area contributed by atoms with E-state index in [0.717, 1.165) is 12.1 Å². The van der Waals surface area contributed by atoms with Crippen molar-refractivity contribution in [1.29, 1.82) is 0 Å². The monoisotopic (exact) mass is 495 g/mol. The van der Waals surface area contributed by atoms with Crippen LogP contribution in [0.25, 0.3) is 0 Å². The minimum atomic E-state index is -4.43. The van der Waals surface area contributed by atoms with Crippen LogP contribution in [0.15, 0.2) is 66.1 Å². The van der Waals surface area contributed by atoms with Gasteiger partial charge in [0, 0.05) is 31.2 Å². The Morgan fingerprint density at radius 2 is 1.62 bits per heavy atom. The van der Waals surface area contributed by atoms with Gasteiger partial charge in [0.2, 0.25) is 15.9 Å². The molecule has 182 valence electrons. The molecule has 11 heteroatoms. The Morgan fingerprint density at radius 1 is 1.03 bits per heavy atom. The molecule has 2 N–H and O–H groups in total. The molecule has 34 heavy (non-hydrogen) atoms. The van der Waals surface area contributed by atoms with E-state index < -0.39 is 27.7 Å². The number of amides is 2. The molecule has 1 fully saturated rings. The molecule has 0 aliphatic carbocycles. The molecule has 0 saturated carbocycles. The zero-order valence-electron chi connectivity index (χ0n) is 18.1. The van der Waals surface area contributed by atoms with Gasteiger partial charge < -0.3 is 10.6 Å². The minimum absolute atomic E-state index is 0.0222. The molecular weight excluding hydrogens is 471 g/mol. The van der Waals surface area contributed by atoms with Crippen molar-refractivity contribution >= 4 is 21.8 Å². The molecule has 0 unspecified atom stereocenters. The fraction of sp³-hybridized carbons (Fsp3) is 0.304. The Kier molecular flexibility index (Phi) is 7.78. The van der Waals surface area contributed by atoms with Crippen molar-refractivity contribution in [2.24, 2.45) is 0 Å². The van der Waals surface area contributed by atoms with E-state index in [1.807, 2.05) is 0 Å². The Morgan fingerprint density at radius 3 is 2.15 bits per heavy atom. The van der Waals surface area contributed by atoms with E-state index in [9.17, 15) is 31.2 Å². The molecule has 1 aliphatic heterocycles. The highest BCUT2D eigenvalue weighted by Gasteiger charge is 2.31. The van der Waals surface area contributed by atoms with Gasteiger partial charge in [-0.15, -0.1) is 0 Å². The number of rotatable bonds is 7. The number of carbonyl (C=O) groups is 2. The molecular formula is C23H24F3N3O4S. The maximum absolute atomic E-state index is 12.9. The van der Waals surface area contributed by atoms with E-state index in [2.05, 4.69) is 17.2 Å². The number of halogens is 3. The van der Waals surface area contributed by atoms with Gasteiger partial charge in [0.05, 0.1) is 10.5 Å². The van der Waals surface area contributed by atoms with Crippen LogP contribution in [0.2, 0.25) is 0 Å². The van der Waals surface area contributed by atoms with E-state index in [1.54, 1.807) is 0 Å². The Hall–Kier alpha value is -3.18. The van der Waals surface area contributed by atoms with Gasteiger partial charge in [-0.05, 0) is 60.9 Å². The molecule has 7 nitrogen and oxygen atoms in total. The summed E-state index contributed by atoms with van der Waals surface area (Å²) in [7, 11) is -3.76. The van der Waals surface area contributed by atoms with Crippen LogP contribution in [0.4, 0.5) is 13.2 Å². The maximum Gasteiger partial charge on any atom is 0.416 e. The largest absolute Gasteiger partial charge is 0.416 e. The van der Waals surface area contributed by atoms with Crippen molar-refractivity contribution in [2.75, 3.05) is 13.1 Å². The molecule has 0 aromatic heterocycles. The third-order valence-corrected chi connectivity index (χ3v) is 7.39. The summed E-state index contributed by atoms with van der Waals surface area (Å²) in [4.78, 5) is 23.8. The van der Waals surface area contributed by atoms with Crippen LogP contribution >= 0.6 is 0 Å². The Balaban J connectivity index is 1.57. The van der Waals surface area contributed by atoms with Gasteiger partial charge in [-0.3, -0.25) is 9.59 Å². The van der Waals surface area contributed by atoms with Gasteiger partial charge in [0.15, 0.2) is 0 Å². The van der Waals surface area contributed by atoms with Gasteiger partial charge in [0.1, 0.15) is 0 Å². The number of hydrogen-bond donors (Lipinski definition) is 2. The zero-order valence-corrected chi connectivity index (χ0v) is 19.0. The van der Waals surface area contributed by atoms with Crippen LogP contribution in [0.1, 0.15) is 34.3 Å². The lowest BCUT2D eigenvalue weighted by Crippen LogP contribution is -2.46. The van der Waals surface area contributed by atoms with Crippen molar-refractivity contribution < 1.29 is 31.2 Å². The number of carbonyl (C=O) groups excluding carboxylic acids is 2. The normalized spacial score (nSPS) is 15.5. The SMILES string of the molecule is C=CC(=O)NC1CCN(S(=O)(=O)c2ccc(C(=O)NCc3ccc(C(F)(F)F)cc3)cc2)CC1. The molecule has 0 radical (unpaired) electrons. The summed E-state index contributed by atoms with van der Waals surface area (Å²) in [6.07, 6.45) is -2.31. The smallest absolute Gasteiger partial charge is 0.350 e. The second-order valence-corrected chi connectivity index (χ2v) is 9.73. The molecule has 3 rings (SSSR count). The summed E-state index contributed by atoms with van der Waals surface area (Å²) in [5, 5.41) is 5.36. The van der Waals surface area contributed by atoms with Gasteiger partial charge in [-0.2, -0.15) is 17.5 Å². The number of sulfonamides is 1. The van der Waals surface area contributed by atoms with E-state index >= 15 is 0 Å². The van der Waals surface area contributed by atoms with E-state index in [1.165, 1.54) is 46.8 Å². The summed E-state index contributed by atoms with van der Waals surface area (Å²) in [6.45, 7) is 3.92. The number of hydrogen-bond acceptors (Lipinski definition) is 4. The number of benzene rings is 2. The van der Waals surface area contributed by atoms with Crippen molar-refractivity contribution in [1.82, 2.24) is 14.9 Å². The standard InChI is InChI=1S/C23H24F3N3O4S/c1-2-21(30)28-19-11-13-29(14-12-19)34(32,33)20-9-5-17(6-10-20)22(31)27-15-16-3-7-18(8-4-16)23(24,25)26/h2-10,19H,1,11-15H2,(H,27,31)(H,28,30). The molecule has 0 atom stereocenters. The topological polar surface area (TPSA) is 95.6 Å². The van der Waals surface area contributed by atoms with Crippen molar-refractivity contribution in [3.8, 4) is 0 Å². The van der Waals surface area contributed by atoms with E-state index in [0.29, 0.717) is 18.4 Å². The van der Waals surface area contributed by atoms with Gasteiger partial charge in [-0.1, -0.05) is 18.7 Å². The quantitative estimate of drug-likeness (QED) is 0.577. The van der Waals surface area contributed by atoms with E-state index in [-0.39, 0.29) is 42.0 Å². The number of nitrogens with zero attached hydrogens (tertiary/aromatic N) is 1. The third kappa shape index (κ3) is 6.23. The van der Waals surface area contributed by atoms with Crippen LogP contribution in [-0.4, -0.2) is 43.7 Å². The summed E-state index contributed by atoms with van der Waals surface area (Å²) < 4.78 is 65.0.